The van der Waals surface area contributed by atoms with Crippen molar-refractivity contribution in [2.24, 2.45) is 5.41 Å². The van der Waals surface area contributed by atoms with E-state index in [9.17, 15) is 0 Å². The third-order valence-electron chi connectivity index (χ3n) is 4.57. The van der Waals surface area contributed by atoms with Gasteiger partial charge in [-0.2, -0.15) is 0 Å². The maximum absolute atomic E-state index is 6.22. The molecule has 1 saturated carbocycles. The lowest BCUT2D eigenvalue weighted by Gasteiger charge is -2.42. The Morgan fingerprint density at radius 3 is 2.45 bits per heavy atom. The summed E-state index contributed by atoms with van der Waals surface area (Å²) in [4.78, 5) is 0. The first-order chi connectivity index (χ1) is 9.57. The van der Waals surface area contributed by atoms with Gasteiger partial charge in [0.05, 0.1) is 10.0 Å². The number of benzene rings is 1. The van der Waals surface area contributed by atoms with Crippen molar-refractivity contribution in [2.45, 2.75) is 58.4 Å². The van der Waals surface area contributed by atoms with Crippen LogP contribution in [-0.4, -0.2) is 6.54 Å². The van der Waals surface area contributed by atoms with Crippen molar-refractivity contribution in [3.8, 4) is 0 Å². The van der Waals surface area contributed by atoms with Gasteiger partial charge in [0.2, 0.25) is 0 Å². The van der Waals surface area contributed by atoms with Gasteiger partial charge in [-0.05, 0) is 48.9 Å². The van der Waals surface area contributed by atoms with Crippen LogP contribution in [0.1, 0.15) is 64.0 Å². The minimum atomic E-state index is 0.324. The molecule has 0 amide bonds. The SMILES string of the molecule is CCCNC(c1ccc(Cl)c(Cl)c1)C1(C)CCCCC1. The van der Waals surface area contributed by atoms with Crippen LogP contribution in [-0.2, 0) is 0 Å². The molecule has 112 valence electrons. The van der Waals surface area contributed by atoms with E-state index in [1.807, 2.05) is 12.1 Å². The molecule has 0 heterocycles. The summed E-state index contributed by atoms with van der Waals surface area (Å²) in [5.41, 5.74) is 1.60. The topological polar surface area (TPSA) is 12.0 Å². The van der Waals surface area contributed by atoms with E-state index in [2.05, 4.69) is 25.2 Å². The molecule has 1 nitrogen and oxygen atoms in total. The molecule has 1 aromatic carbocycles. The van der Waals surface area contributed by atoms with Crippen LogP contribution in [0.4, 0.5) is 0 Å². The Morgan fingerprint density at radius 1 is 1.15 bits per heavy atom. The van der Waals surface area contributed by atoms with E-state index in [1.165, 1.54) is 37.7 Å². The molecule has 0 spiro atoms. The third kappa shape index (κ3) is 3.69. The number of rotatable bonds is 5. The quantitative estimate of drug-likeness (QED) is 0.702. The summed E-state index contributed by atoms with van der Waals surface area (Å²) in [6, 6.07) is 6.46. The lowest BCUT2D eigenvalue weighted by atomic mass is 9.68. The first kappa shape index (κ1) is 16.1. The molecule has 0 saturated heterocycles. The van der Waals surface area contributed by atoms with E-state index in [-0.39, 0.29) is 0 Å². The van der Waals surface area contributed by atoms with Crippen LogP contribution < -0.4 is 5.32 Å². The Balaban J connectivity index is 2.28. The smallest absolute Gasteiger partial charge is 0.0595 e. The highest BCUT2D eigenvalue weighted by Crippen LogP contribution is 2.46. The average molecular weight is 314 g/mol. The van der Waals surface area contributed by atoms with Gasteiger partial charge in [0.1, 0.15) is 0 Å². The van der Waals surface area contributed by atoms with Gasteiger partial charge in [-0.15, -0.1) is 0 Å². The van der Waals surface area contributed by atoms with Crippen LogP contribution in [0.3, 0.4) is 0 Å². The standard InChI is InChI=1S/C17H25Cl2N/c1-3-11-20-16(17(2)9-5-4-6-10-17)13-7-8-14(18)15(19)12-13/h7-8,12,16,20H,3-6,9-11H2,1-2H3. The van der Waals surface area contributed by atoms with Gasteiger partial charge >= 0.3 is 0 Å². The zero-order valence-electron chi connectivity index (χ0n) is 12.5. The van der Waals surface area contributed by atoms with E-state index in [1.54, 1.807) is 0 Å². The Labute approximate surface area is 133 Å². The molecular formula is C17H25Cl2N. The second-order valence-corrected chi connectivity index (χ2v) is 7.09. The maximum atomic E-state index is 6.22. The normalized spacial score (nSPS) is 19.8. The molecule has 0 aromatic heterocycles. The predicted octanol–water partition coefficient (Wildman–Crippen LogP) is 6.00. The number of hydrogen-bond acceptors (Lipinski definition) is 1. The van der Waals surface area contributed by atoms with Crippen molar-refractivity contribution in [3.05, 3.63) is 33.8 Å². The van der Waals surface area contributed by atoms with Crippen molar-refractivity contribution in [1.82, 2.24) is 5.32 Å². The molecule has 1 unspecified atom stereocenters. The number of nitrogens with one attached hydrogen (secondary N) is 1. The fourth-order valence-electron chi connectivity index (χ4n) is 3.40. The highest BCUT2D eigenvalue weighted by molar-refractivity contribution is 6.42. The molecule has 1 fully saturated rings. The van der Waals surface area contributed by atoms with Crippen LogP contribution in [0.25, 0.3) is 0 Å². The van der Waals surface area contributed by atoms with Crippen molar-refractivity contribution in [2.75, 3.05) is 6.54 Å². The molecule has 1 atom stereocenters. The molecule has 1 aliphatic carbocycles. The molecule has 1 aromatic rings. The molecule has 0 aliphatic heterocycles. The van der Waals surface area contributed by atoms with E-state index in [4.69, 9.17) is 23.2 Å². The fraction of sp³-hybridized carbons (Fsp3) is 0.647. The molecular weight excluding hydrogens is 289 g/mol. The zero-order valence-corrected chi connectivity index (χ0v) is 14.0. The van der Waals surface area contributed by atoms with Gasteiger partial charge in [-0.1, -0.05) is 62.4 Å². The molecule has 0 radical (unpaired) electrons. The van der Waals surface area contributed by atoms with Crippen LogP contribution in [0, 0.1) is 5.41 Å². The molecule has 2 rings (SSSR count). The lowest BCUT2D eigenvalue weighted by Crippen LogP contribution is -2.38. The zero-order chi connectivity index (χ0) is 14.6. The molecule has 0 bridgehead atoms. The highest BCUT2D eigenvalue weighted by Gasteiger charge is 2.36. The summed E-state index contributed by atoms with van der Waals surface area (Å²) in [6.45, 7) is 5.67. The first-order valence-electron chi connectivity index (χ1n) is 7.75. The molecule has 3 heteroatoms. The molecule has 20 heavy (non-hydrogen) atoms. The van der Waals surface area contributed by atoms with Gasteiger partial charge in [0.15, 0.2) is 0 Å². The molecule has 1 N–H and O–H groups in total. The van der Waals surface area contributed by atoms with Gasteiger partial charge in [-0.25, -0.2) is 0 Å². The van der Waals surface area contributed by atoms with E-state index >= 15 is 0 Å². The van der Waals surface area contributed by atoms with Gasteiger partial charge in [0.25, 0.3) is 0 Å². The fourth-order valence-corrected chi connectivity index (χ4v) is 3.70. The highest BCUT2D eigenvalue weighted by atomic mass is 35.5. The monoisotopic (exact) mass is 313 g/mol. The summed E-state index contributed by atoms with van der Waals surface area (Å²) >= 11 is 12.3. The minimum absolute atomic E-state index is 0.324. The summed E-state index contributed by atoms with van der Waals surface area (Å²) in [7, 11) is 0. The maximum Gasteiger partial charge on any atom is 0.0595 e. The average Bonchev–Trinajstić information content (AvgIpc) is 2.43. The summed E-state index contributed by atoms with van der Waals surface area (Å²) in [5.74, 6) is 0. The number of halogens is 2. The van der Waals surface area contributed by atoms with Crippen molar-refractivity contribution < 1.29 is 0 Å². The summed E-state index contributed by atoms with van der Waals surface area (Å²) in [6.07, 6.45) is 7.76. The Kier molecular flexibility index (Phi) is 5.77. The second-order valence-electron chi connectivity index (χ2n) is 6.28. The Morgan fingerprint density at radius 2 is 1.85 bits per heavy atom. The predicted molar refractivity (Wildman–Crippen MR) is 88.7 cm³/mol. The van der Waals surface area contributed by atoms with E-state index in [0.29, 0.717) is 21.5 Å². The van der Waals surface area contributed by atoms with Crippen molar-refractivity contribution in [1.29, 1.82) is 0 Å². The van der Waals surface area contributed by atoms with Crippen LogP contribution >= 0.6 is 23.2 Å². The third-order valence-corrected chi connectivity index (χ3v) is 5.31. The Bertz CT molecular complexity index is 439. The van der Waals surface area contributed by atoms with Crippen LogP contribution in [0.2, 0.25) is 10.0 Å². The van der Waals surface area contributed by atoms with Crippen molar-refractivity contribution in [3.63, 3.8) is 0 Å². The van der Waals surface area contributed by atoms with Crippen LogP contribution in [0.5, 0.6) is 0 Å². The van der Waals surface area contributed by atoms with Gasteiger partial charge < -0.3 is 5.32 Å². The van der Waals surface area contributed by atoms with Crippen molar-refractivity contribution >= 4 is 23.2 Å². The van der Waals surface area contributed by atoms with Gasteiger partial charge in [-0.3, -0.25) is 0 Å². The Hall–Kier alpha value is -0.240. The van der Waals surface area contributed by atoms with E-state index in [0.717, 1.165) is 13.0 Å². The second kappa shape index (κ2) is 7.15. The lowest BCUT2D eigenvalue weighted by molar-refractivity contribution is 0.145. The van der Waals surface area contributed by atoms with E-state index < -0.39 is 0 Å². The largest absolute Gasteiger partial charge is 0.309 e. The summed E-state index contributed by atoms with van der Waals surface area (Å²) in [5, 5.41) is 5.04. The molecule has 1 aliphatic rings. The van der Waals surface area contributed by atoms with Crippen LogP contribution in [0.15, 0.2) is 18.2 Å². The first-order valence-corrected chi connectivity index (χ1v) is 8.51. The van der Waals surface area contributed by atoms with Gasteiger partial charge in [0, 0.05) is 6.04 Å². The minimum Gasteiger partial charge on any atom is -0.309 e. The summed E-state index contributed by atoms with van der Waals surface area (Å²) < 4.78 is 0. The number of hydrogen-bond donors (Lipinski definition) is 1.